The number of likely N-dealkylation sites (tertiary alicyclic amines) is 1. The van der Waals surface area contributed by atoms with Gasteiger partial charge in [-0.3, -0.25) is 4.90 Å². The van der Waals surface area contributed by atoms with Gasteiger partial charge < -0.3 is 10.1 Å². The molecule has 2 rings (SSSR count). The van der Waals surface area contributed by atoms with Crippen molar-refractivity contribution in [2.45, 2.75) is 65.6 Å². The van der Waals surface area contributed by atoms with Crippen molar-refractivity contribution >= 4 is 0 Å². The topological polar surface area (TPSA) is 24.5 Å². The average molecular weight is 282 g/mol. The fourth-order valence-corrected chi connectivity index (χ4v) is 3.86. The minimum atomic E-state index is 0.403. The van der Waals surface area contributed by atoms with Crippen LogP contribution in [0.15, 0.2) is 0 Å². The summed E-state index contributed by atoms with van der Waals surface area (Å²) in [7, 11) is 0. The summed E-state index contributed by atoms with van der Waals surface area (Å²) in [6, 6.07) is 0. The molecule has 0 radical (unpaired) electrons. The number of ether oxygens (including phenoxy) is 1. The molecule has 2 heterocycles. The lowest BCUT2D eigenvalue weighted by Gasteiger charge is -2.39. The summed E-state index contributed by atoms with van der Waals surface area (Å²) in [5.74, 6) is 0.736. The number of nitrogens with one attached hydrogen (secondary N) is 1. The fourth-order valence-electron chi connectivity index (χ4n) is 3.86. The van der Waals surface area contributed by atoms with Crippen LogP contribution in [-0.4, -0.2) is 49.8 Å². The van der Waals surface area contributed by atoms with Gasteiger partial charge in [0.15, 0.2) is 0 Å². The van der Waals surface area contributed by atoms with E-state index in [1.54, 1.807) is 0 Å². The van der Waals surface area contributed by atoms with Gasteiger partial charge in [-0.15, -0.1) is 0 Å². The van der Waals surface area contributed by atoms with Gasteiger partial charge in [-0.25, -0.2) is 0 Å². The van der Waals surface area contributed by atoms with E-state index in [9.17, 15) is 0 Å². The maximum Gasteiger partial charge on any atom is 0.0707 e. The molecule has 3 nitrogen and oxygen atoms in total. The van der Waals surface area contributed by atoms with Gasteiger partial charge in [0.25, 0.3) is 0 Å². The number of fused-ring (bicyclic) bond motifs is 2. The Morgan fingerprint density at radius 1 is 1.25 bits per heavy atom. The van der Waals surface area contributed by atoms with Gasteiger partial charge in [0.1, 0.15) is 0 Å². The standard InChI is InChI=1S/C17H34N2O/c1-5-8-17(4,12-18-9-14(2)3)13-19-10-15-6-7-16(11-19)20-15/h14-16,18H,5-13H2,1-4H3. The summed E-state index contributed by atoms with van der Waals surface area (Å²) in [5, 5.41) is 3.68. The molecule has 0 aromatic carbocycles. The zero-order valence-corrected chi connectivity index (χ0v) is 14.0. The number of morpholine rings is 1. The molecule has 2 aliphatic rings. The van der Waals surface area contributed by atoms with E-state index < -0.39 is 0 Å². The first-order valence-corrected chi connectivity index (χ1v) is 8.59. The van der Waals surface area contributed by atoms with Crippen LogP contribution in [-0.2, 0) is 4.74 Å². The lowest BCUT2D eigenvalue weighted by atomic mass is 9.84. The zero-order valence-electron chi connectivity index (χ0n) is 14.0. The van der Waals surface area contributed by atoms with Crippen LogP contribution in [0.1, 0.15) is 53.4 Å². The molecule has 2 aliphatic heterocycles. The third-order valence-electron chi connectivity index (χ3n) is 4.68. The van der Waals surface area contributed by atoms with Crippen molar-refractivity contribution in [2.75, 3.05) is 32.7 Å². The first-order valence-electron chi connectivity index (χ1n) is 8.59. The summed E-state index contributed by atoms with van der Waals surface area (Å²) >= 11 is 0. The van der Waals surface area contributed by atoms with Crippen molar-refractivity contribution < 1.29 is 4.74 Å². The largest absolute Gasteiger partial charge is 0.372 e. The van der Waals surface area contributed by atoms with Crippen LogP contribution in [0.2, 0.25) is 0 Å². The SMILES string of the molecule is CCCC(C)(CNCC(C)C)CN1CC2CCC(C1)O2. The van der Waals surface area contributed by atoms with Gasteiger partial charge >= 0.3 is 0 Å². The molecule has 0 aliphatic carbocycles. The van der Waals surface area contributed by atoms with Crippen molar-refractivity contribution in [1.82, 2.24) is 10.2 Å². The van der Waals surface area contributed by atoms with E-state index in [4.69, 9.17) is 4.74 Å². The molecular formula is C17H34N2O. The van der Waals surface area contributed by atoms with Gasteiger partial charge in [-0.1, -0.05) is 34.1 Å². The molecule has 0 aromatic rings. The normalized spacial score (nSPS) is 29.9. The molecule has 3 unspecified atom stereocenters. The Morgan fingerprint density at radius 3 is 2.45 bits per heavy atom. The summed E-state index contributed by atoms with van der Waals surface area (Å²) in [6.45, 7) is 15.1. The van der Waals surface area contributed by atoms with Gasteiger partial charge in [-0.2, -0.15) is 0 Å². The van der Waals surface area contributed by atoms with Gasteiger partial charge in [-0.05, 0) is 37.1 Å². The van der Waals surface area contributed by atoms with Crippen LogP contribution in [0.4, 0.5) is 0 Å². The quantitative estimate of drug-likeness (QED) is 0.741. The lowest BCUT2D eigenvalue weighted by Crippen LogP contribution is -2.49. The molecular weight excluding hydrogens is 248 g/mol. The average Bonchev–Trinajstić information content (AvgIpc) is 2.68. The van der Waals surface area contributed by atoms with Crippen molar-refractivity contribution in [2.24, 2.45) is 11.3 Å². The van der Waals surface area contributed by atoms with E-state index in [-0.39, 0.29) is 0 Å². The van der Waals surface area contributed by atoms with Crippen molar-refractivity contribution in [3.05, 3.63) is 0 Å². The van der Waals surface area contributed by atoms with Gasteiger partial charge in [0.05, 0.1) is 12.2 Å². The summed E-state index contributed by atoms with van der Waals surface area (Å²) in [5.41, 5.74) is 0.403. The predicted octanol–water partition coefficient (Wildman–Crippen LogP) is 2.90. The van der Waals surface area contributed by atoms with Gasteiger partial charge in [0.2, 0.25) is 0 Å². The van der Waals surface area contributed by atoms with Crippen LogP contribution in [0, 0.1) is 11.3 Å². The minimum absolute atomic E-state index is 0.403. The first-order chi connectivity index (χ1) is 9.50. The van der Waals surface area contributed by atoms with E-state index >= 15 is 0 Å². The maximum absolute atomic E-state index is 5.96. The molecule has 0 spiro atoms. The third kappa shape index (κ3) is 4.71. The highest BCUT2D eigenvalue weighted by atomic mass is 16.5. The molecule has 2 bridgehead atoms. The number of rotatable bonds is 8. The van der Waals surface area contributed by atoms with Crippen molar-refractivity contribution in [1.29, 1.82) is 0 Å². The molecule has 0 saturated carbocycles. The third-order valence-corrected chi connectivity index (χ3v) is 4.68. The second kappa shape index (κ2) is 7.24. The Balaban J connectivity index is 1.83. The molecule has 3 atom stereocenters. The van der Waals surface area contributed by atoms with E-state index in [1.165, 1.54) is 32.2 Å². The molecule has 118 valence electrons. The van der Waals surface area contributed by atoms with E-state index in [2.05, 4.69) is 37.9 Å². The number of hydrogen-bond donors (Lipinski definition) is 1. The Labute approximate surface area is 125 Å². The smallest absolute Gasteiger partial charge is 0.0707 e. The first kappa shape index (κ1) is 16.3. The highest BCUT2D eigenvalue weighted by Crippen LogP contribution is 2.30. The monoisotopic (exact) mass is 282 g/mol. The van der Waals surface area contributed by atoms with Crippen LogP contribution < -0.4 is 5.32 Å². The van der Waals surface area contributed by atoms with E-state index in [0.29, 0.717) is 17.6 Å². The van der Waals surface area contributed by atoms with Crippen molar-refractivity contribution in [3.63, 3.8) is 0 Å². The Hall–Kier alpha value is -0.120. The maximum atomic E-state index is 5.96. The summed E-state index contributed by atoms with van der Waals surface area (Å²) in [4.78, 5) is 2.67. The Bertz CT molecular complexity index is 283. The Kier molecular flexibility index (Phi) is 5.88. The van der Waals surface area contributed by atoms with Crippen molar-refractivity contribution in [3.8, 4) is 0 Å². The second-order valence-corrected chi connectivity index (χ2v) is 7.74. The molecule has 3 heteroatoms. The summed E-state index contributed by atoms with van der Waals surface area (Å²) < 4.78 is 5.96. The van der Waals surface area contributed by atoms with Crippen LogP contribution in [0.5, 0.6) is 0 Å². The lowest BCUT2D eigenvalue weighted by molar-refractivity contribution is -0.0498. The fraction of sp³-hybridized carbons (Fsp3) is 1.00. The number of nitrogens with zero attached hydrogens (tertiary/aromatic N) is 1. The van der Waals surface area contributed by atoms with Gasteiger partial charge in [0, 0.05) is 26.2 Å². The Morgan fingerprint density at radius 2 is 1.90 bits per heavy atom. The van der Waals surface area contributed by atoms with Crippen LogP contribution >= 0.6 is 0 Å². The summed E-state index contributed by atoms with van der Waals surface area (Å²) in [6.07, 6.45) is 6.17. The molecule has 2 fully saturated rings. The second-order valence-electron chi connectivity index (χ2n) is 7.74. The van der Waals surface area contributed by atoms with Crippen LogP contribution in [0.3, 0.4) is 0 Å². The molecule has 0 amide bonds. The molecule has 2 saturated heterocycles. The van der Waals surface area contributed by atoms with E-state index in [1.807, 2.05) is 0 Å². The zero-order chi connectivity index (χ0) is 14.6. The molecule has 1 N–H and O–H groups in total. The highest BCUT2D eigenvalue weighted by molar-refractivity contribution is 4.89. The predicted molar refractivity (Wildman–Crippen MR) is 85.1 cm³/mol. The number of hydrogen-bond acceptors (Lipinski definition) is 3. The minimum Gasteiger partial charge on any atom is -0.372 e. The highest BCUT2D eigenvalue weighted by Gasteiger charge is 2.36. The molecule has 0 aromatic heterocycles. The molecule has 20 heavy (non-hydrogen) atoms. The van der Waals surface area contributed by atoms with E-state index in [0.717, 1.165) is 32.1 Å². The van der Waals surface area contributed by atoms with Crippen LogP contribution in [0.25, 0.3) is 0 Å².